The van der Waals surface area contributed by atoms with Gasteiger partial charge in [-0.3, -0.25) is 20.2 Å². The van der Waals surface area contributed by atoms with Gasteiger partial charge in [0.2, 0.25) is 0 Å². The van der Waals surface area contributed by atoms with Crippen molar-refractivity contribution in [3.8, 4) is 0 Å². The van der Waals surface area contributed by atoms with Crippen molar-refractivity contribution < 1.29 is 9.85 Å². The first-order chi connectivity index (χ1) is 6.86. The maximum Gasteiger partial charge on any atom is 0.295 e. The summed E-state index contributed by atoms with van der Waals surface area (Å²) in [5.74, 6) is 0. The molecule has 0 N–H and O–H groups in total. The molecule has 0 fully saturated rings. The van der Waals surface area contributed by atoms with Crippen LogP contribution in [-0.4, -0.2) is 9.85 Å². The van der Waals surface area contributed by atoms with E-state index in [0.717, 1.165) is 6.07 Å². The molecule has 1 aromatic carbocycles. The molecular weight excluding hydrogens is 291 g/mol. The van der Waals surface area contributed by atoms with E-state index >= 15 is 0 Å². The van der Waals surface area contributed by atoms with Crippen molar-refractivity contribution >= 4 is 38.9 Å². The smallest absolute Gasteiger partial charge is 0.258 e. The molecule has 0 radical (unpaired) electrons. The fourth-order valence-electron chi connectivity index (χ4n) is 1.00. The first kappa shape index (κ1) is 11.9. The zero-order valence-electron chi connectivity index (χ0n) is 7.36. The maximum atomic E-state index is 10.6. The maximum absolute atomic E-state index is 10.6. The Labute approximate surface area is 97.3 Å². The highest BCUT2D eigenvalue weighted by Gasteiger charge is 2.25. The second kappa shape index (κ2) is 4.11. The minimum atomic E-state index is -0.755. The molecule has 0 saturated heterocycles. The minimum absolute atomic E-state index is 0.0996. The van der Waals surface area contributed by atoms with Crippen LogP contribution in [0, 0.1) is 27.2 Å². The molecule has 0 saturated carbocycles. The van der Waals surface area contributed by atoms with E-state index in [1.54, 1.807) is 0 Å². The third-order valence-corrected chi connectivity index (χ3v) is 3.25. The quantitative estimate of drug-likeness (QED) is 0.619. The molecule has 0 atom stereocenters. The van der Waals surface area contributed by atoms with Gasteiger partial charge in [-0.1, -0.05) is 11.6 Å². The summed E-state index contributed by atoms with van der Waals surface area (Å²) in [7, 11) is 0. The monoisotopic (exact) mass is 294 g/mol. The van der Waals surface area contributed by atoms with Crippen molar-refractivity contribution in [2.24, 2.45) is 0 Å². The van der Waals surface area contributed by atoms with Crippen LogP contribution in [-0.2, 0) is 0 Å². The van der Waals surface area contributed by atoms with E-state index in [-0.39, 0.29) is 20.7 Å². The highest BCUT2D eigenvalue weighted by Crippen LogP contribution is 2.39. The van der Waals surface area contributed by atoms with Crippen molar-refractivity contribution in [3.05, 3.63) is 41.4 Å². The van der Waals surface area contributed by atoms with E-state index in [1.807, 2.05) is 0 Å². The van der Waals surface area contributed by atoms with Crippen LogP contribution in [0.4, 0.5) is 11.4 Å². The largest absolute Gasteiger partial charge is 0.295 e. The first-order valence-corrected chi connectivity index (χ1v) is 4.80. The molecular formula is C7H4BrClN2O4. The molecule has 15 heavy (non-hydrogen) atoms. The van der Waals surface area contributed by atoms with E-state index in [4.69, 9.17) is 11.6 Å². The van der Waals surface area contributed by atoms with Crippen molar-refractivity contribution in [2.45, 2.75) is 6.92 Å². The molecule has 1 aromatic rings. The fourth-order valence-corrected chi connectivity index (χ4v) is 1.79. The van der Waals surface area contributed by atoms with Gasteiger partial charge >= 0.3 is 0 Å². The van der Waals surface area contributed by atoms with Crippen molar-refractivity contribution in [2.75, 3.05) is 0 Å². The Kier molecular flexibility index (Phi) is 3.25. The standard InChI is InChI=1S/C7H4BrClN2O4/c1-3-6(8)4(10(12)13)2-5(7(3)9)11(14)15/h2H,1H3. The lowest BCUT2D eigenvalue weighted by molar-refractivity contribution is -0.394. The molecule has 0 aliphatic rings. The summed E-state index contributed by atoms with van der Waals surface area (Å²) in [5.41, 5.74) is -0.565. The Hall–Kier alpha value is -1.21. The van der Waals surface area contributed by atoms with Crippen LogP contribution in [0.15, 0.2) is 10.5 Å². The predicted octanol–water partition coefficient (Wildman–Crippen LogP) is 3.23. The van der Waals surface area contributed by atoms with Crippen LogP contribution in [0.2, 0.25) is 5.02 Å². The first-order valence-electron chi connectivity index (χ1n) is 3.63. The second-order valence-electron chi connectivity index (χ2n) is 2.68. The average molecular weight is 295 g/mol. The zero-order chi connectivity index (χ0) is 11.7. The number of nitro benzene ring substituents is 2. The number of halogens is 2. The van der Waals surface area contributed by atoms with Gasteiger partial charge in [0.15, 0.2) is 0 Å². The van der Waals surface area contributed by atoms with E-state index < -0.39 is 15.5 Å². The molecule has 80 valence electrons. The Morgan fingerprint density at radius 1 is 1.27 bits per heavy atom. The van der Waals surface area contributed by atoms with Crippen LogP contribution >= 0.6 is 27.5 Å². The molecule has 0 spiro atoms. The van der Waals surface area contributed by atoms with E-state index in [0.29, 0.717) is 0 Å². The number of nitro groups is 2. The van der Waals surface area contributed by atoms with Crippen LogP contribution in [0.3, 0.4) is 0 Å². The molecule has 0 heterocycles. The Morgan fingerprint density at radius 2 is 1.73 bits per heavy atom. The van der Waals surface area contributed by atoms with Gasteiger partial charge in [0, 0.05) is 0 Å². The summed E-state index contributed by atoms with van der Waals surface area (Å²) in [6, 6.07) is 0.833. The minimum Gasteiger partial charge on any atom is -0.258 e. The Balaban J connectivity index is 3.59. The van der Waals surface area contributed by atoms with E-state index in [2.05, 4.69) is 15.9 Å². The van der Waals surface area contributed by atoms with Crippen molar-refractivity contribution in [1.29, 1.82) is 0 Å². The zero-order valence-corrected chi connectivity index (χ0v) is 9.70. The summed E-state index contributed by atoms with van der Waals surface area (Å²) in [6.07, 6.45) is 0. The summed E-state index contributed by atoms with van der Waals surface area (Å²) >= 11 is 8.64. The molecule has 0 amide bonds. The number of hydrogen-bond acceptors (Lipinski definition) is 4. The molecule has 6 nitrogen and oxygen atoms in total. The number of benzene rings is 1. The average Bonchev–Trinajstić information content (AvgIpc) is 2.13. The van der Waals surface area contributed by atoms with Crippen molar-refractivity contribution in [1.82, 2.24) is 0 Å². The van der Waals surface area contributed by atoms with Crippen molar-refractivity contribution in [3.63, 3.8) is 0 Å². The summed E-state index contributed by atoms with van der Waals surface area (Å²) in [4.78, 5) is 19.7. The third-order valence-electron chi connectivity index (χ3n) is 1.78. The molecule has 0 aliphatic carbocycles. The Morgan fingerprint density at radius 3 is 2.13 bits per heavy atom. The highest BCUT2D eigenvalue weighted by molar-refractivity contribution is 9.10. The van der Waals surface area contributed by atoms with Crippen LogP contribution < -0.4 is 0 Å². The van der Waals surface area contributed by atoms with E-state index in [1.165, 1.54) is 6.92 Å². The number of rotatable bonds is 2. The van der Waals surface area contributed by atoms with Gasteiger partial charge < -0.3 is 0 Å². The molecule has 1 rings (SSSR count). The fraction of sp³-hybridized carbons (Fsp3) is 0.143. The number of nitrogens with zero attached hydrogens (tertiary/aromatic N) is 2. The Bertz CT molecular complexity index is 425. The van der Waals surface area contributed by atoms with Gasteiger partial charge in [-0.05, 0) is 28.4 Å². The molecule has 8 heteroatoms. The topological polar surface area (TPSA) is 86.3 Å². The summed E-state index contributed by atoms with van der Waals surface area (Å²) in [5, 5.41) is 21.0. The summed E-state index contributed by atoms with van der Waals surface area (Å²) in [6.45, 7) is 1.46. The molecule has 0 unspecified atom stereocenters. The van der Waals surface area contributed by atoms with Gasteiger partial charge in [-0.2, -0.15) is 0 Å². The predicted molar refractivity (Wildman–Crippen MR) is 57.2 cm³/mol. The number of hydrogen-bond donors (Lipinski definition) is 0. The SMILES string of the molecule is Cc1c(Cl)c([N+](=O)[O-])cc([N+](=O)[O-])c1Br. The normalized spacial score (nSPS) is 10.1. The lowest BCUT2D eigenvalue weighted by Crippen LogP contribution is -1.97. The molecule has 0 aliphatic heterocycles. The van der Waals surface area contributed by atoms with Gasteiger partial charge in [-0.25, -0.2) is 0 Å². The van der Waals surface area contributed by atoms with Gasteiger partial charge in [0.1, 0.15) is 9.50 Å². The van der Waals surface area contributed by atoms with E-state index in [9.17, 15) is 20.2 Å². The van der Waals surface area contributed by atoms with Gasteiger partial charge in [0.25, 0.3) is 11.4 Å². The van der Waals surface area contributed by atoms with Crippen LogP contribution in [0.1, 0.15) is 5.56 Å². The van der Waals surface area contributed by atoms with Crippen LogP contribution in [0.25, 0.3) is 0 Å². The van der Waals surface area contributed by atoms with Gasteiger partial charge in [0.05, 0.1) is 15.9 Å². The molecule has 0 aromatic heterocycles. The molecule has 0 bridgehead atoms. The third kappa shape index (κ3) is 2.07. The lowest BCUT2D eigenvalue weighted by atomic mass is 10.2. The lowest BCUT2D eigenvalue weighted by Gasteiger charge is -2.03. The van der Waals surface area contributed by atoms with Crippen LogP contribution in [0.5, 0.6) is 0 Å². The summed E-state index contributed by atoms with van der Waals surface area (Å²) < 4.78 is 0.156. The van der Waals surface area contributed by atoms with Gasteiger partial charge in [-0.15, -0.1) is 0 Å². The second-order valence-corrected chi connectivity index (χ2v) is 3.85. The highest BCUT2D eigenvalue weighted by atomic mass is 79.9.